The second-order valence-corrected chi connectivity index (χ2v) is 6.33. The van der Waals surface area contributed by atoms with Crippen LogP contribution in [0.15, 0.2) is 23.6 Å². The predicted octanol–water partition coefficient (Wildman–Crippen LogP) is 4.14. The fourth-order valence-corrected chi connectivity index (χ4v) is 3.25. The molecule has 2 aromatic rings. The van der Waals surface area contributed by atoms with Gasteiger partial charge in [0.15, 0.2) is 0 Å². The van der Waals surface area contributed by atoms with Crippen LogP contribution in [0.1, 0.15) is 11.1 Å². The van der Waals surface area contributed by atoms with Crippen molar-refractivity contribution >= 4 is 40.0 Å². The largest absolute Gasteiger partial charge is 0.380 e. The number of halogens is 1. The molecule has 0 unspecified atom stereocenters. The summed E-state index contributed by atoms with van der Waals surface area (Å²) in [4.78, 5) is 2.25. The SMILES string of the molecule is Cc1ccc2c(c1CNc1csc(Cl)c1)N(C)CN2. The second kappa shape index (κ2) is 4.94. The van der Waals surface area contributed by atoms with Crippen molar-refractivity contribution in [3.05, 3.63) is 39.0 Å². The average Bonchev–Trinajstić information content (AvgIpc) is 2.96. The van der Waals surface area contributed by atoms with Crippen LogP contribution in [0.25, 0.3) is 0 Å². The Hall–Kier alpha value is -1.39. The molecule has 0 saturated heterocycles. The van der Waals surface area contributed by atoms with E-state index >= 15 is 0 Å². The molecule has 5 heteroatoms. The molecule has 0 fully saturated rings. The van der Waals surface area contributed by atoms with Gasteiger partial charge in [0.2, 0.25) is 0 Å². The van der Waals surface area contributed by atoms with Gasteiger partial charge in [-0.05, 0) is 30.2 Å². The maximum Gasteiger partial charge on any atom is 0.0949 e. The second-order valence-electron chi connectivity index (χ2n) is 4.78. The molecule has 19 heavy (non-hydrogen) atoms. The maximum absolute atomic E-state index is 5.95. The van der Waals surface area contributed by atoms with Gasteiger partial charge in [0.05, 0.1) is 22.4 Å². The highest BCUT2D eigenvalue weighted by Crippen LogP contribution is 2.36. The smallest absolute Gasteiger partial charge is 0.0949 e. The number of rotatable bonds is 3. The van der Waals surface area contributed by atoms with Gasteiger partial charge in [0.1, 0.15) is 0 Å². The van der Waals surface area contributed by atoms with E-state index in [0.717, 1.165) is 23.2 Å². The first-order chi connectivity index (χ1) is 9.15. The maximum atomic E-state index is 5.95. The molecule has 0 spiro atoms. The molecule has 100 valence electrons. The molecule has 1 aliphatic rings. The number of nitrogens with zero attached hydrogens (tertiary/aromatic N) is 1. The van der Waals surface area contributed by atoms with E-state index in [1.165, 1.54) is 22.5 Å². The van der Waals surface area contributed by atoms with Gasteiger partial charge in [0, 0.05) is 24.7 Å². The van der Waals surface area contributed by atoms with E-state index in [0.29, 0.717) is 0 Å². The summed E-state index contributed by atoms with van der Waals surface area (Å²) < 4.78 is 0.816. The van der Waals surface area contributed by atoms with Crippen LogP contribution in [0, 0.1) is 6.92 Å². The van der Waals surface area contributed by atoms with Gasteiger partial charge in [-0.15, -0.1) is 11.3 Å². The van der Waals surface area contributed by atoms with Gasteiger partial charge in [-0.3, -0.25) is 0 Å². The number of benzene rings is 1. The van der Waals surface area contributed by atoms with Gasteiger partial charge in [0.25, 0.3) is 0 Å². The molecule has 2 heterocycles. The van der Waals surface area contributed by atoms with E-state index in [-0.39, 0.29) is 0 Å². The number of nitrogens with one attached hydrogen (secondary N) is 2. The van der Waals surface area contributed by atoms with Crippen molar-refractivity contribution in [2.24, 2.45) is 0 Å². The van der Waals surface area contributed by atoms with Crippen LogP contribution in [-0.2, 0) is 6.54 Å². The Kier molecular flexibility index (Phi) is 3.29. The van der Waals surface area contributed by atoms with Crippen LogP contribution in [0.2, 0.25) is 4.34 Å². The van der Waals surface area contributed by atoms with Crippen molar-refractivity contribution in [3.63, 3.8) is 0 Å². The van der Waals surface area contributed by atoms with Crippen molar-refractivity contribution in [3.8, 4) is 0 Å². The molecule has 1 aliphatic heterocycles. The molecule has 0 bridgehead atoms. The van der Waals surface area contributed by atoms with E-state index in [9.17, 15) is 0 Å². The molecule has 3 rings (SSSR count). The minimum Gasteiger partial charge on any atom is -0.380 e. The van der Waals surface area contributed by atoms with Gasteiger partial charge >= 0.3 is 0 Å². The number of fused-ring (bicyclic) bond motifs is 1. The van der Waals surface area contributed by atoms with Crippen LogP contribution >= 0.6 is 22.9 Å². The summed E-state index contributed by atoms with van der Waals surface area (Å²) in [5.41, 5.74) is 6.25. The summed E-state index contributed by atoms with van der Waals surface area (Å²) in [6.45, 7) is 3.84. The number of thiophene rings is 1. The Labute approximate surface area is 122 Å². The van der Waals surface area contributed by atoms with Crippen LogP contribution in [0.4, 0.5) is 17.1 Å². The molecular formula is C14H16ClN3S. The lowest BCUT2D eigenvalue weighted by atomic mass is 10.0. The fourth-order valence-electron chi connectivity index (χ4n) is 2.42. The topological polar surface area (TPSA) is 27.3 Å². The normalized spacial score (nSPS) is 13.3. The monoisotopic (exact) mass is 293 g/mol. The van der Waals surface area contributed by atoms with Crippen molar-refractivity contribution in [2.45, 2.75) is 13.5 Å². The Bertz CT molecular complexity index is 609. The molecule has 3 nitrogen and oxygen atoms in total. The van der Waals surface area contributed by atoms with Gasteiger partial charge in [-0.1, -0.05) is 17.7 Å². The highest BCUT2D eigenvalue weighted by Gasteiger charge is 2.20. The van der Waals surface area contributed by atoms with Crippen molar-refractivity contribution < 1.29 is 0 Å². The summed E-state index contributed by atoms with van der Waals surface area (Å²) in [7, 11) is 2.11. The number of hydrogen-bond acceptors (Lipinski definition) is 4. The standard InChI is InChI=1S/C14H16ClN3S/c1-9-3-4-12-14(18(2)8-17-12)11(9)6-16-10-5-13(15)19-7-10/h3-5,7,16-17H,6,8H2,1-2H3. The van der Waals surface area contributed by atoms with E-state index in [1.807, 2.05) is 11.4 Å². The predicted molar refractivity (Wildman–Crippen MR) is 84.7 cm³/mol. The zero-order valence-electron chi connectivity index (χ0n) is 11.0. The number of hydrogen-bond donors (Lipinski definition) is 2. The summed E-state index contributed by atoms with van der Waals surface area (Å²) in [5.74, 6) is 0. The first-order valence-corrected chi connectivity index (χ1v) is 7.46. The first-order valence-electron chi connectivity index (χ1n) is 6.20. The van der Waals surface area contributed by atoms with Crippen LogP contribution in [0.3, 0.4) is 0 Å². The quantitative estimate of drug-likeness (QED) is 0.890. The molecule has 2 N–H and O–H groups in total. The van der Waals surface area contributed by atoms with E-state index in [4.69, 9.17) is 11.6 Å². The highest BCUT2D eigenvalue weighted by atomic mass is 35.5. The Morgan fingerprint density at radius 2 is 2.32 bits per heavy atom. The zero-order chi connectivity index (χ0) is 13.4. The minimum atomic E-state index is 0.814. The van der Waals surface area contributed by atoms with Crippen molar-refractivity contribution in [1.29, 1.82) is 0 Å². The number of aryl methyl sites for hydroxylation is 1. The Morgan fingerprint density at radius 3 is 3.05 bits per heavy atom. The minimum absolute atomic E-state index is 0.814. The third-order valence-corrected chi connectivity index (χ3v) is 4.53. The molecule has 1 aromatic heterocycles. The third kappa shape index (κ3) is 2.38. The summed E-state index contributed by atoms with van der Waals surface area (Å²) in [5, 5.41) is 8.89. The molecule has 0 radical (unpaired) electrons. The Morgan fingerprint density at radius 1 is 1.47 bits per heavy atom. The van der Waals surface area contributed by atoms with Gasteiger partial charge < -0.3 is 15.5 Å². The third-order valence-electron chi connectivity index (χ3n) is 3.44. The van der Waals surface area contributed by atoms with Crippen molar-refractivity contribution in [1.82, 2.24) is 0 Å². The van der Waals surface area contributed by atoms with E-state index < -0.39 is 0 Å². The summed E-state index contributed by atoms with van der Waals surface area (Å²) >= 11 is 7.50. The lowest BCUT2D eigenvalue weighted by Crippen LogP contribution is -2.18. The summed E-state index contributed by atoms with van der Waals surface area (Å²) in [6.07, 6.45) is 0. The fraction of sp³-hybridized carbons (Fsp3) is 0.286. The number of anilines is 3. The molecule has 0 amide bonds. The first kappa shape index (κ1) is 12.6. The molecule has 1 aromatic carbocycles. The van der Waals surface area contributed by atoms with Gasteiger partial charge in [-0.2, -0.15) is 0 Å². The van der Waals surface area contributed by atoms with Crippen LogP contribution in [0.5, 0.6) is 0 Å². The van der Waals surface area contributed by atoms with Gasteiger partial charge in [-0.25, -0.2) is 0 Å². The highest BCUT2D eigenvalue weighted by molar-refractivity contribution is 7.14. The van der Waals surface area contributed by atoms with E-state index in [2.05, 4.69) is 41.6 Å². The van der Waals surface area contributed by atoms with E-state index in [1.54, 1.807) is 11.3 Å². The summed E-state index contributed by atoms with van der Waals surface area (Å²) in [6, 6.07) is 6.29. The van der Waals surface area contributed by atoms with Crippen LogP contribution in [-0.4, -0.2) is 13.7 Å². The lowest BCUT2D eigenvalue weighted by molar-refractivity contribution is 1.01. The molecule has 0 aliphatic carbocycles. The average molecular weight is 294 g/mol. The molecule has 0 atom stereocenters. The zero-order valence-corrected chi connectivity index (χ0v) is 12.5. The lowest BCUT2D eigenvalue weighted by Gasteiger charge is -2.18. The molecular weight excluding hydrogens is 278 g/mol. The van der Waals surface area contributed by atoms with Crippen molar-refractivity contribution in [2.75, 3.05) is 29.2 Å². The van der Waals surface area contributed by atoms with Crippen LogP contribution < -0.4 is 15.5 Å². The Balaban J connectivity index is 1.86. The molecule has 0 saturated carbocycles.